The molecule has 0 radical (unpaired) electrons. The summed E-state index contributed by atoms with van der Waals surface area (Å²) in [4.78, 5) is 11.1. The van der Waals surface area contributed by atoms with Crippen molar-refractivity contribution in [3.63, 3.8) is 0 Å². The van der Waals surface area contributed by atoms with E-state index in [2.05, 4.69) is 65.4 Å². The normalized spacial score (nSPS) is 17.4. The van der Waals surface area contributed by atoms with Gasteiger partial charge in [0.15, 0.2) is 5.84 Å². The number of hydrogen-bond acceptors (Lipinski definition) is 5. The molecule has 1 aliphatic carbocycles. The standard InChI is InChI=1S/C30H31N5/c1-20-27(5-4-6-28(20)31)29-19-35(3)21(2)30(34-29)33-26-12-11-24-9-7-22(8-10-25(24)18-26)17-23-13-15-32-16-14-23/h4-7,9,11-16,18-19,22H,2,8,10,17,31H2,1,3H3,(H,33,34). The molecule has 2 heterocycles. The number of nitrogens with one attached hydrogen (secondary N) is 1. The Morgan fingerprint density at radius 2 is 1.97 bits per heavy atom. The van der Waals surface area contributed by atoms with Crippen LogP contribution in [0, 0.1) is 12.8 Å². The molecule has 5 rings (SSSR count). The van der Waals surface area contributed by atoms with Crippen LogP contribution < -0.4 is 11.1 Å². The Bertz CT molecular complexity index is 1350. The van der Waals surface area contributed by atoms with Crippen molar-refractivity contribution in [2.24, 2.45) is 10.9 Å². The number of rotatable bonds is 4. The molecule has 0 saturated carbocycles. The number of likely N-dealkylation sites (N-methyl/N-ethyl adjacent to an activating group) is 1. The molecular formula is C30H31N5. The second kappa shape index (κ2) is 9.63. The van der Waals surface area contributed by atoms with Gasteiger partial charge in [0, 0.05) is 42.6 Å². The number of anilines is 2. The van der Waals surface area contributed by atoms with Gasteiger partial charge in [-0.1, -0.05) is 36.9 Å². The summed E-state index contributed by atoms with van der Waals surface area (Å²) in [7, 11) is 1.99. The van der Waals surface area contributed by atoms with Crippen molar-refractivity contribution in [3.05, 3.63) is 113 Å². The van der Waals surface area contributed by atoms with E-state index >= 15 is 0 Å². The van der Waals surface area contributed by atoms with Gasteiger partial charge in [0.2, 0.25) is 0 Å². The molecule has 1 aromatic heterocycles. The topological polar surface area (TPSA) is 66.5 Å². The largest absolute Gasteiger partial charge is 0.398 e. The molecule has 176 valence electrons. The van der Waals surface area contributed by atoms with Crippen molar-refractivity contribution in [3.8, 4) is 0 Å². The van der Waals surface area contributed by atoms with E-state index in [-0.39, 0.29) is 0 Å². The van der Waals surface area contributed by atoms with Crippen molar-refractivity contribution < 1.29 is 0 Å². The van der Waals surface area contributed by atoms with Gasteiger partial charge in [0.1, 0.15) is 0 Å². The number of amidine groups is 1. The zero-order valence-electron chi connectivity index (χ0n) is 20.3. The SMILES string of the molecule is C=C1C(Nc2ccc3c(c2)CCC(Cc2ccncc2)C=C3)=NC(c2cccc(N)c2C)=CN1C. The Morgan fingerprint density at radius 3 is 2.80 bits per heavy atom. The maximum Gasteiger partial charge on any atom is 0.154 e. The number of fused-ring (bicyclic) bond motifs is 1. The Morgan fingerprint density at radius 1 is 1.14 bits per heavy atom. The van der Waals surface area contributed by atoms with Crippen LogP contribution in [0.1, 0.15) is 34.2 Å². The quantitative estimate of drug-likeness (QED) is 0.464. The Hall–Kier alpha value is -4.12. The molecule has 2 aromatic carbocycles. The summed E-state index contributed by atoms with van der Waals surface area (Å²) in [6.45, 7) is 6.27. The lowest BCUT2D eigenvalue weighted by atomic mass is 9.95. The maximum atomic E-state index is 6.15. The van der Waals surface area contributed by atoms with Gasteiger partial charge in [-0.3, -0.25) is 4.98 Å². The highest BCUT2D eigenvalue weighted by Gasteiger charge is 2.19. The summed E-state index contributed by atoms with van der Waals surface area (Å²) >= 11 is 0. The molecular weight excluding hydrogens is 430 g/mol. The molecule has 5 nitrogen and oxygen atoms in total. The average Bonchev–Trinajstić information content (AvgIpc) is 3.06. The fourth-order valence-electron chi connectivity index (χ4n) is 4.67. The van der Waals surface area contributed by atoms with E-state index in [0.717, 1.165) is 59.0 Å². The molecule has 1 atom stereocenters. The van der Waals surface area contributed by atoms with Crippen LogP contribution in [0.4, 0.5) is 11.4 Å². The van der Waals surface area contributed by atoms with Crippen molar-refractivity contribution in [1.29, 1.82) is 0 Å². The number of aromatic nitrogens is 1. The third kappa shape index (κ3) is 4.90. The molecule has 0 saturated heterocycles. The molecule has 1 aliphatic heterocycles. The van der Waals surface area contributed by atoms with Crippen LogP contribution in [0.15, 0.2) is 90.5 Å². The minimum absolute atomic E-state index is 0.520. The number of pyridine rings is 1. The van der Waals surface area contributed by atoms with Crippen molar-refractivity contribution in [2.45, 2.75) is 26.2 Å². The predicted molar refractivity (Wildman–Crippen MR) is 147 cm³/mol. The van der Waals surface area contributed by atoms with E-state index in [0.29, 0.717) is 5.92 Å². The van der Waals surface area contributed by atoms with Crippen LogP contribution in [0.2, 0.25) is 0 Å². The highest BCUT2D eigenvalue weighted by Crippen LogP contribution is 2.30. The van der Waals surface area contributed by atoms with E-state index < -0.39 is 0 Å². The fourth-order valence-corrected chi connectivity index (χ4v) is 4.67. The van der Waals surface area contributed by atoms with E-state index in [9.17, 15) is 0 Å². The summed E-state index contributed by atoms with van der Waals surface area (Å²) in [5.41, 5.74) is 15.6. The number of allylic oxidation sites excluding steroid dienone is 1. The predicted octanol–water partition coefficient (Wildman–Crippen LogP) is 6.06. The van der Waals surface area contributed by atoms with E-state index in [1.54, 1.807) is 0 Å². The zero-order chi connectivity index (χ0) is 24.4. The smallest absolute Gasteiger partial charge is 0.154 e. The van der Waals surface area contributed by atoms with Gasteiger partial charge >= 0.3 is 0 Å². The van der Waals surface area contributed by atoms with Crippen LogP contribution in [0.5, 0.6) is 0 Å². The average molecular weight is 462 g/mol. The Balaban J connectivity index is 1.35. The maximum absolute atomic E-state index is 6.15. The summed E-state index contributed by atoms with van der Waals surface area (Å²) < 4.78 is 0. The lowest BCUT2D eigenvalue weighted by molar-refractivity contribution is 0.593. The molecule has 35 heavy (non-hydrogen) atoms. The van der Waals surface area contributed by atoms with Gasteiger partial charge in [0.25, 0.3) is 0 Å². The number of aryl methyl sites for hydroxylation is 1. The molecule has 0 spiro atoms. The van der Waals surface area contributed by atoms with Crippen LogP contribution >= 0.6 is 0 Å². The molecule has 2 aliphatic rings. The first-order valence-electron chi connectivity index (χ1n) is 12.0. The van der Waals surface area contributed by atoms with E-state index in [1.165, 1.54) is 16.7 Å². The van der Waals surface area contributed by atoms with Gasteiger partial charge in [-0.2, -0.15) is 0 Å². The first-order valence-corrected chi connectivity index (χ1v) is 12.0. The lowest BCUT2D eigenvalue weighted by Gasteiger charge is -2.26. The van der Waals surface area contributed by atoms with Crippen LogP contribution in [-0.2, 0) is 12.8 Å². The van der Waals surface area contributed by atoms with Gasteiger partial charge in [-0.25, -0.2) is 4.99 Å². The Labute approximate surface area is 207 Å². The Kier molecular flexibility index (Phi) is 6.23. The van der Waals surface area contributed by atoms with Crippen LogP contribution in [0.3, 0.4) is 0 Å². The number of nitrogens with zero attached hydrogens (tertiary/aromatic N) is 3. The van der Waals surface area contributed by atoms with Gasteiger partial charge in [-0.05, 0) is 84.7 Å². The molecule has 1 unspecified atom stereocenters. The van der Waals surface area contributed by atoms with E-state index in [4.69, 9.17) is 10.7 Å². The minimum atomic E-state index is 0.520. The third-order valence-electron chi connectivity index (χ3n) is 6.88. The fraction of sp³-hybridized carbons (Fsp3) is 0.200. The molecule has 3 N–H and O–H groups in total. The van der Waals surface area contributed by atoms with Crippen LogP contribution in [0.25, 0.3) is 11.8 Å². The lowest BCUT2D eigenvalue weighted by Crippen LogP contribution is -2.27. The number of hydrogen-bond donors (Lipinski definition) is 2. The first kappa shape index (κ1) is 22.7. The minimum Gasteiger partial charge on any atom is -0.398 e. The second-order valence-electron chi connectivity index (χ2n) is 9.31. The number of aliphatic imine (C=N–C) groups is 1. The van der Waals surface area contributed by atoms with Crippen molar-refractivity contribution >= 4 is 29.0 Å². The van der Waals surface area contributed by atoms with Crippen molar-refractivity contribution in [1.82, 2.24) is 9.88 Å². The summed E-state index contributed by atoms with van der Waals surface area (Å²) in [5.74, 6) is 1.26. The summed E-state index contributed by atoms with van der Waals surface area (Å²) in [6, 6.07) is 16.7. The number of nitrogen functional groups attached to an aromatic ring is 1. The monoisotopic (exact) mass is 461 g/mol. The number of benzene rings is 2. The highest BCUT2D eigenvalue weighted by atomic mass is 15.2. The summed E-state index contributed by atoms with van der Waals surface area (Å²) in [5, 5.41) is 3.52. The molecule has 0 amide bonds. The number of nitrogens with two attached hydrogens (primary N) is 1. The molecule has 5 heteroatoms. The molecule has 0 bridgehead atoms. The van der Waals surface area contributed by atoms with Gasteiger partial charge < -0.3 is 16.0 Å². The highest BCUT2D eigenvalue weighted by molar-refractivity contribution is 6.10. The zero-order valence-corrected chi connectivity index (χ0v) is 20.3. The third-order valence-corrected chi connectivity index (χ3v) is 6.88. The second-order valence-corrected chi connectivity index (χ2v) is 9.31. The van der Waals surface area contributed by atoms with Gasteiger partial charge in [-0.15, -0.1) is 0 Å². The summed E-state index contributed by atoms with van der Waals surface area (Å²) in [6.07, 6.45) is 13.6. The van der Waals surface area contributed by atoms with Crippen molar-refractivity contribution in [2.75, 3.05) is 18.1 Å². The first-order chi connectivity index (χ1) is 17.0. The van der Waals surface area contributed by atoms with Gasteiger partial charge in [0.05, 0.1) is 11.4 Å². The van der Waals surface area contributed by atoms with Crippen LogP contribution in [-0.4, -0.2) is 22.8 Å². The van der Waals surface area contributed by atoms with E-state index in [1.807, 2.05) is 49.6 Å². The molecule has 0 fully saturated rings. The molecule has 3 aromatic rings.